The molecule has 0 spiro atoms. The molecule has 0 saturated carbocycles. The zero-order valence-electron chi connectivity index (χ0n) is 9.34. The third kappa shape index (κ3) is 7.33. The van der Waals surface area contributed by atoms with Gasteiger partial charge >= 0.3 is 12.3 Å². The average molecular weight is 243 g/mol. The molecule has 0 atom stereocenters. The van der Waals surface area contributed by atoms with Crippen LogP contribution in [0.1, 0.15) is 13.8 Å². The maximum atomic E-state index is 11.8. The van der Waals surface area contributed by atoms with Crippen LogP contribution in [0.15, 0.2) is 0 Å². The van der Waals surface area contributed by atoms with Crippen LogP contribution < -0.4 is 0 Å². The van der Waals surface area contributed by atoms with Crippen molar-refractivity contribution >= 4 is 6.09 Å². The fourth-order valence-corrected chi connectivity index (χ4v) is 0.932. The molecule has 0 aliphatic carbocycles. The molecule has 16 heavy (non-hydrogen) atoms. The fourth-order valence-electron chi connectivity index (χ4n) is 0.932. The van der Waals surface area contributed by atoms with Gasteiger partial charge in [-0.25, -0.2) is 4.79 Å². The minimum absolute atomic E-state index is 0.223. The lowest BCUT2D eigenvalue weighted by Gasteiger charge is -2.20. The van der Waals surface area contributed by atoms with Gasteiger partial charge in [0.15, 0.2) is 6.61 Å². The van der Waals surface area contributed by atoms with Gasteiger partial charge in [-0.1, -0.05) is 0 Å². The van der Waals surface area contributed by atoms with Crippen LogP contribution in [0, 0.1) is 0 Å². The van der Waals surface area contributed by atoms with E-state index in [9.17, 15) is 18.0 Å². The van der Waals surface area contributed by atoms with Gasteiger partial charge in [0.2, 0.25) is 0 Å². The van der Waals surface area contributed by atoms with Crippen molar-refractivity contribution in [1.82, 2.24) is 4.90 Å². The van der Waals surface area contributed by atoms with Crippen molar-refractivity contribution in [3.05, 3.63) is 0 Å². The minimum atomic E-state index is -4.49. The van der Waals surface area contributed by atoms with E-state index in [1.807, 2.05) is 0 Å². The van der Waals surface area contributed by atoms with Crippen LogP contribution in [0.5, 0.6) is 0 Å². The summed E-state index contributed by atoms with van der Waals surface area (Å²) in [6, 6.07) is 0. The van der Waals surface area contributed by atoms with E-state index in [1.165, 1.54) is 0 Å². The summed E-state index contributed by atoms with van der Waals surface area (Å²) in [6.45, 7) is 3.17. The number of amides is 1. The first-order valence-corrected chi connectivity index (χ1v) is 4.97. The predicted octanol–water partition coefficient (Wildman–Crippen LogP) is 2.04. The number of rotatable bonds is 6. The highest BCUT2D eigenvalue weighted by molar-refractivity contribution is 5.67. The molecule has 7 heteroatoms. The Balaban J connectivity index is 3.91. The van der Waals surface area contributed by atoms with Crippen molar-refractivity contribution < 1.29 is 27.4 Å². The molecule has 96 valence electrons. The molecule has 0 aromatic carbocycles. The van der Waals surface area contributed by atoms with Crippen LogP contribution in [0.4, 0.5) is 18.0 Å². The molecule has 0 saturated heterocycles. The van der Waals surface area contributed by atoms with Gasteiger partial charge in [0.25, 0.3) is 0 Å². The van der Waals surface area contributed by atoms with Gasteiger partial charge in [-0.3, -0.25) is 0 Å². The van der Waals surface area contributed by atoms with Gasteiger partial charge in [-0.05, 0) is 13.8 Å². The van der Waals surface area contributed by atoms with E-state index < -0.39 is 18.9 Å². The molecule has 0 heterocycles. The number of likely N-dealkylation sites (N-methyl/N-ethyl adjacent to an activating group) is 1. The number of hydrogen-bond acceptors (Lipinski definition) is 3. The Morgan fingerprint density at radius 1 is 1.31 bits per heavy atom. The second-order valence-electron chi connectivity index (χ2n) is 2.95. The quantitative estimate of drug-likeness (QED) is 0.670. The summed E-state index contributed by atoms with van der Waals surface area (Å²) in [5, 5.41) is 0. The Bertz CT molecular complexity index is 209. The van der Waals surface area contributed by atoms with E-state index in [-0.39, 0.29) is 19.7 Å². The molecule has 0 aromatic heterocycles. The predicted molar refractivity (Wildman–Crippen MR) is 51.1 cm³/mol. The largest absolute Gasteiger partial charge is 0.440 e. The summed E-state index contributed by atoms with van der Waals surface area (Å²) in [6.07, 6.45) is -5.46. The first kappa shape index (κ1) is 15.0. The molecule has 4 nitrogen and oxygen atoms in total. The van der Waals surface area contributed by atoms with Crippen molar-refractivity contribution in [2.75, 3.05) is 32.9 Å². The lowest BCUT2D eigenvalue weighted by atomic mass is 10.5. The normalized spacial score (nSPS) is 11.3. The number of halogens is 3. The van der Waals surface area contributed by atoms with Gasteiger partial charge in [0.1, 0.15) is 0 Å². The number of ether oxygens (including phenoxy) is 2. The Hall–Kier alpha value is -0.980. The molecular weight excluding hydrogens is 227 g/mol. The van der Waals surface area contributed by atoms with Gasteiger partial charge in [0.05, 0.1) is 6.61 Å². The number of nitrogens with zero attached hydrogens (tertiary/aromatic N) is 1. The van der Waals surface area contributed by atoms with Crippen LogP contribution in [-0.4, -0.2) is 50.1 Å². The van der Waals surface area contributed by atoms with Crippen LogP contribution in [0.3, 0.4) is 0 Å². The molecule has 0 radical (unpaired) electrons. The highest BCUT2D eigenvalue weighted by Crippen LogP contribution is 2.15. The van der Waals surface area contributed by atoms with Crippen molar-refractivity contribution in [2.24, 2.45) is 0 Å². The Labute approximate surface area is 92.3 Å². The van der Waals surface area contributed by atoms with Crippen molar-refractivity contribution in [3.63, 3.8) is 0 Å². The smallest absolute Gasteiger partial charge is 0.422 e. The highest BCUT2D eigenvalue weighted by atomic mass is 19.4. The van der Waals surface area contributed by atoms with Crippen molar-refractivity contribution in [3.8, 4) is 0 Å². The SMILES string of the molecule is CCOCCN(CC)C(=O)OCC(F)(F)F. The van der Waals surface area contributed by atoms with E-state index in [0.29, 0.717) is 6.61 Å². The Kier molecular flexibility index (Phi) is 6.87. The van der Waals surface area contributed by atoms with Gasteiger partial charge < -0.3 is 14.4 Å². The summed E-state index contributed by atoms with van der Waals surface area (Å²) in [5.41, 5.74) is 0. The number of carbonyl (C=O) groups excluding carboxylic acids is 1. The van der Waals surface area contributed by atoms with E-state index in [1.54, 1.807) is 13.8 Å². The van der Waals surface area contributed by atoms with E-state index in [2.05, 4.69) is 4.74 Å². The highest BCUT2D eigenvalue weighted by Gasteiger charge is 2.30. The third-order valence-corrected chi connectivity index (χ3v) is 1.71. The summed E-state index contributed by atoms with van der Waals surface area (Å²) in [4.78, 5) is 12.3. The minimum Gasteiger partial charge on any atom is -0.440 e. The number of alkyl halides is 3. The summed E-state index contributed by atoms with van der Waals surface area (Å²) in [5.74, 6) is 0. The lowest BCUT2D eigenvalue weighted by molar-refractivity contribution is -0.162. The number of hydrogen-bond donors (Lipinski definition) is 0. The molecule has 0 bridgehead atoms. The summed E-state index contributed by atoms with van der Waals surface area (Å²) >= 11 is 0. The fraction of sp³-hybridized carbons (Fsp3) is 0.889. The molecular formula is C9H16F3NO3. The first-order valence-electron chi connectivity index (χ1n) is 4.97. The summed E-state index contributed by atoms with van der Waals surface area (Å²) in [7, 11) is 0. The second-order valence-corrected chi connectivity index (χ2v) is 2.95. The molecule has 0 aromatic rings. The average Bonchev–Trinajstić information content (AvgIpc) is 2.20. The standard InChI is InChI=1S/C9H16F3NO3/c1-3-13(5-6-15-4-2)8(14)16-7-9(10,11)12/h3-7H2,1-2H3. The Morgan fingerprint density at radius 3 is 2.38 bits per heavy atom. The number of carbonyl (C=O) groups is 1. The van der Waals surface area contributed by atoms with E-state index >= 15 is 0 Å². The van der Waals surface area contributed by atoms with Crippen molar-refractivity contribution in [1.29, 1.82) is 0 Å². The molecule has 0 N–H and O–H groups in total. The molecule has 1 amide bonds. The summed E-state index contributed by atoms with van der Waals surface area (Å²) < 4.78 is 44.4. The third-order valence-electron chi connectivity index (χ3n) is 1.71. The zero-order chi connectivity index (χ0) is 12.6. The molecule has 0 aliphatic heterocycles. The van der Waals surface area contributed by atoms with Crippen LogP contribution in [0.2, 0.25) is 0 Å². The topological polar surface area (TPSA) is 38.8 Å². The molecule has 0 fully saturated rings. The second kappa shape index (κ2) is 7.32. The maximum Gasteiger partial charge on any atom is 0.422 e. The van der Waals surface area contributed by atoms with Gasteiger partial charge in [-0.15, -0.1) is 0 Å². The van der Waals surface area contributed by atoms with Crippen LogP contribution >= 0.6 is 0 Å². The van der Waals surface area contributed by atoms with Crippen molar-refractivity contribution in [2.45, 2.75) is 20.0 Å². The van der Waals surface area contributed by atoms with Crippen LogP contribution in [0.25, 0.3) is 0 Å². The van der Waals surface area contributed by atoms with E-state index in [4.69, 9.17) is 4.74 Å². The molecule has 0 unspecified atom stereocenters. The molecule has 0 rings (SSSR count). The lowest BCUT2D eigenvalue weighted by Crippen LogP contribution is -2.36. The first-order chi connectivity index (χ1) is 7.40. The van der Waals surface area contributed by atoms with Gasteiger partial charge in [-0.2, -0.15) is 13.2 Å². The maximum absolute atomic E-state index is 11.8. The molecule has 0 aliphatic rings. The van der Waals surface area contributed by atoms with Crippen LogP contribution in [-0.2, 0) is 9.47 Å². The van der Waals surface area contributed by atoms with Gasteiger partial charge in [0, 0.05) is 19.7 Å². The van der Waals surface area contributed by atoms with E-state index in [0.717, 1.165) is 4.90 Å². The zero-order valence-corrected chi connectivity index (χ0v) is 9.34. The monoisotopic (exact) mass is 243 g/mol. The Morgan fingerprint density at radius 2 is 1.94 bits per heavy atom.